The van der Waals surface area contributed by atoms with Crippen LogP contribution < -0.4 is 5.43 Å². The van der Waals surface area contributed by atoms with Crippen molar-refractivity contribution >= 4 is 11.8 Å². The summed E-state index contributed by atoms with van der Waals surface area (Å²) < 4.78 is 0. The van der Waals surface area contributed by atoms with Crippen molar-refractivity contribution in [1.82, 2.24) is 10.4 Å². The quantitative estimate of drug-likeness (QED) is 0.657. The van der Waals surface area contributed by atoms with Crippen molar-refractivity contribution in [3.8, 4) is 0 Å². The van der Waals surface area contributed by atoms with Gasteiger partial charge >= 0.3 is 0 Å². The van der Waals surface area contributed by atoms with Gasteiger partial charge in [-0.25, -0.2) is 0 Å². The molecule has 4 nitrogen and oxygen atoms in total. The molecule has 1 N–H and O–H groups in total. The molecule has 1 rings (SSSR count). The monoisotopic (exact) mass is 282 g/mol. The number of hydrazine groups is 1. The van der Waals surface area contributed by atoms with E-state index in [-0.39, 0.29) is 11.8 Å². The van der Waals surface area contributed by atoms with E-state index in [1.54, 1.807) is 0 Å². The Balaban J connectivity index is 2.06. The van der Waals surface area contributed by atoms with Gasteiger partial charge in [0.25, 0.3) is 0 Å². The predicted molar refractivity (Wildman–Crippen MR) is 80.9 cm³/mol. The highest BCUT2D eigenvalue weighted by molar-refractivity contribution is 5.82. The molecular weight excluding hydrogens is 252 g/mol. The minimum atomic E-state index is -0.00573. The van der Waals surface area contributed by atoms with Crippen LogP contribution in [-0.2, 0) is 9.59 Å². The molecule has 20 heavy (non-hydrogen) atoms. The number of unbranched alkanes of at least 4 members (excludes halogenated alkanes) is 6. The molecule has 116 valence electrons. The Kier molecular flexibility index (Phi) is 9.09. The Labute approximate surface area is 123 Å². The maximum absolute atomic E-state index is 11.8. The third kappa shape index (κ3) is 7.51. The molecule has 0 saturated carbocycles. The van der Waals surface area contributed by atoms with Gasteiger partial charge in [0.05, 0.1) is 0 Å². The van der Waals surface area contributed by atoms with Crippen LogP contribution >= 0.6 is 0 Å². The van der Waals surface area contributed by atoms with Crippen LogP contribution in [0.1, 0.15) is 84.0 Å². The molecule has 1 aliphatic rings. The number of nitrogens with one attached hydrogen (secondary N) is 1. The molecule has 1 aliphatic heterocycles. The smallest absolute Gasteiger partial charge is 0.240 e. The molecule has 1 fully saturated rings. The van der Waals surface area contributed by atoms with Crippen molar-refractivity contribution in [2.24, 2.45) is 0 Å². The SMILES string of the molecule is CCCCCCCCCC(=O)NN1CCCCCC1=O. The molecule has 4 heteroatoms. The highest BCUT2D eigenvalue weighted by Gasteiger charge is 2.18. The highest BCUT2D eigenvalue weighted by Crippen LogP contribution is 2.10. The number of carbonyl (C=O) groups is 2. The summed E-state index contributed by atoms with van der Waals surface area (Å²) in [5.41, 5.74) is 2.76. The molecule has 0 atom stereocenters. The van der Waals surface area contributed by atoms with Gasteiger partial charge in [-0.15, -0.1) is 0 Å². The summed E-state index contributed by atoms with van der Waals surface area (Å²) in [5.74, 6) is 0.0595. The molecule has 0 aromatic heterocycles. The number of nitrogens with zero attached hydrogens (tertiary/aromatic N) is 1. The number of rotatable bonds is 9. The Morgan fingerprint density at radius 2 is 1.75 bits per heavy atom. The van der Waals surface area contributed by atoms with Gasteiger partial charge in [0, 0.05) is 19.4 Å². The minimum Gasteiger partial charge on any atom is -0.273 e. The lowest BCUT2D eigenvalue weighted by atomic mass is 10.1. The van der Waals surface area contributed by atoms with Gasteiger partial charge in [-0.3, -0.25) is 20.0 Å². The molecule has 0 aromatic carbocycles. The lowest BCUT2D eigenvalue weighted by molar-refractivity contribution is -0.141. The molecule has 1 heterocycles. The van der Waals surface area contributed by atoms with E-state index in [1.807, 2.05) is 0 Å². The van der Waals surface area contributed by atoms with Gasteiger partial charge in [0.1, 0.15) is 0 Å². The molecule has 0 spiro atoms. The lowest BCUT2D eigenvalue weighted by Gasteiger charge is -2.21. The molecule has 0 radical (unpaired) electrons. The zero-order chi connectivity index (χ0) is 14.6. The fraction of sp³-hybridized carbons (Fsp3) is 0.875. The number of amides is 2. The molecule has 0 aromatic rings. The standard InChI is InChI=1S/C16H30N2O2/c1-2-3-4-5-6-7-9-12-15(19)17-18-14-11-8-10-13-16(18)20/h2-14H2,1H3,(H,17,19). The van der Waals surface area contributed by atoms with E-state index in [9.17, 15) is 9.59 Å². The van der Waals surface area contributed by atoms with E-state index in [0.717, 1.165) is 32.1 Å². The third-order valence-corrected chi connectivity index (χ3v) is 3.84. The summed E-state index contributed by atoms with van der Waals surface area (Å²) in [6, 6.07) is 0. The largest absolute Gasteiger partial charge is 0.273 e. The van der Waals surface area contributed by atoms with Crippen LogP contribution in [0.3, 0.4) is 0 Å². The first kappa shape index (κ1) is 17.0. The van der Waals surface area contributed by atoms with Crippen LogP contribution in [0, 0.1) is 0 Å². The van der Waals surface area contributed by atoms with Crippen LogP contribution in [0.25, 0.3) is 0 Å². The molecule has 0 bridgehead atoms. The van der Waals surface area contributed by atoms with Crippen LogP contribution in [0.2, 0.25) is 0 Å². The summed E-state index contributed by atoms with van der Waals surface area (Å²) in [6.07, 6.45) is 12.6. The van der Waals surface area contributed by atoms with E-state index < -0.39 is 0 Å². The zero-order valence-electron chi connectivity index (χ0n) is 13.0. The third-order valence-electron chi connectivity index (χ3n) is 3.84. The van der Waals surface area contributed by atoms with E-state index in [1.165, 1.54) is 37.1 Å². The van der Waals surface area contributed by atoms with Gasteiger partial charge in [0.15, 0.2) is 0 Å². The second-order valence-corrected chi connectivity index (χ2v) is 5.76. The summed E-state index contributed by atoms with van der Waals surface area (Å²) in [7, 11) is 0. The van der Waals surface area contributed by atoms with Crippen LogP contribution in [0.15, 0.2) is 0 Å². The second-order valence-electron chi connectivity index (χ2n) is 5.76. The zero-order valence-corrected chi connectivity index (χ0v) is 13.0. The van der Waals surface area contributed by atoms with Crippen molar-refractivity contribution in [1.29, 1.82) is 0 Å². The fourth-order valence-corrected chi connectivity index (χ4v) is 2.55. The molecule has 1 saturated heterocycles. The number of carbonyl (C=O) groups excluding carboxylic acids is 2. The summed E-state index contributed by atoms with van der Waals surface area (Å²) in [6.45, 7) is 2.88. The first-order valence-corrected chi connectivity index (χ1v) is 8.34. The minimum absolute atomic E-state index is 0.00573. The van der Waals surface area contributed by atoms with Gasteiger partial charge in [0.2, 0.25) is 11.8 Å². The van der Waals surface area contributed by atoms with E-state index in [0.29, 0.717) is 19.4 Å². The van der Waals surface area contributed by atoms with Crippen molar-refractivity contribution in [3.05, 3.63) is 0 Å². The Morgan fingerprint density at radius 1 is 1.05 bits per heavy atom. The van der Waals surface area contributed by atoms with E-state index >= 15 is 0 Å². The highest BCUT2D eigenvalue weighted by atomic mass is 16.2. The molecular formula is C16H30N2O2. The van der Waals surface area contributed by atoms with Crippen molar-refractivity contribution in [2.45, 2.75) is 84.0 Å². The van der Waals surface area contributed by atoms with E-state index in [2.05, 4.69) is 12.3 Å². The first-order valence-electron chi connectivity index (χ1n) is 8.34. The number of hydrogen-bond acceptors (Lipinski definition) is 2. The van der Waals surface area contributed by atoms with Gasteiger partial charge in [-0.1, -0.05) is 51.9 Å². The van der Waals surface area contributed by atoms with Gasteiger partial charge in [-0.05, 0) is 19.3 Å². The van der Waals surface area contributed by atoms with Crippen molar-refractivity contribution < 1.29 is 9.59 Å². The van der Waals surface area contributed by atoms with Crippen LogP contribution in [0.4, 0.5) is 0 Å². The van der Waals surface area contributed by atoms with Gasteiger partial charge in [-0.2, -0.15) is 0 Å². The number of hydrogen-bond donors (Lipinski definition) is 1. The van der Waals surface area contributed by atoms with Crippen molar-refractivity contribution in [3.63, 3.8) is 0 Å². The predicted octanol–water partition coefficient (Wildman–Crippen LogP) is 3.56. The average Bonchev–Trinajstić information content (AvgIpc) is 2.63. The van der Waals surface area contributed by atoms with Gasteiger partial charge < -0.3 is 0 Å². The van der Waals surface area contributed by atoms with E-state index in [4.69, 9.17) is 0 Å². The fourth-order valence-electron chi connectivity index (χ4n) is 2.55. The van der Waals surface area contributed by atoms with Crippen molar-refractivity contribution in [2.75, 3.05) is 6.54 Å². The van der Waals surface area contributed by atoms with Crippen LogP contribution in [-0.4, -0.2) is 23.4 Å². The first-order chi connectivity index (χ1) is 9.74. The second kappa shape index (κ2) is 10.7. The maximum atomic E-state index is 11.8. The normalized spacial score (nSPS) is 16.1. The molecule has 2 amide bonds. The molecule has 0 aliphatic carbocycles. The Hall–Kier alpha value is -1.06. The summed E-state index contributed by atoms with van der Waals surface area (Å²) >= 11 is 0. The Morgan fingerprint density at radius 3 is 2.50 bits per heavy atom. The van der Waals surface area contributed by atoms with Crippen LogP contribution in [0.5, 0.6) is 0 Å². The maximum Gasteiger partial charge on any atom is 0.240 e. The topological polar surface area (TPSA) is 49.4 Å². The lowest BCUT2D eigenvalue weighted by Crippen LogP contribution is -2.45. The average molecular weight is 282 g/mol. The summed E-state index contributed by atoms with van der Waals surface area (Å²) in [4.78, 5) is 23.5. The Bertz CT molecular complexity index is 292. The summed E-state index contributed by atoms with van der Waals surface area (Å²) in [5, 5.41) is 1.52. The molecule has 0 unspecified atom stereocenters.